The number of ketones is 1. The Kier molecular flexibility index (Phi) is 5.21. The number of carbonyl (C=O) groups excluding carboxylic acids is 1. The lowest BCUT2D eigenvalue weighted by Gasteiger charge is -2.00. The highest BCUT2D eigenvalue weighted by Gasteiger charge is 2.06. The van der Waals surface area contributed by atoms with E-state index in [4.69, 9.17) is 23.2 Å². The van der Waals surface area contributed by atoms with E-state index in [0.717, 1.165) is 0 Å². The van der Waals surface area contributed by atoms with Crippen LogP contribution >= 0.6 is 23.2 Å². The van der Waals surface area contributed by atoms with Gasteiger partial charge in [0.25, 0.3) is 0 Å². The molecule has 1 nitrogen and oxygen atoms in total. The molecule has 1 atom stereocenters. The Morgan fingerprint density at radius 3 is 2.56 bits per heavy atom. The fourth-order valence-corrected chi connectivity index (χ4v) is 0.727. The molecule has 0 saturated heterocycles. The maximum Gasteiger partial charge on any atom is 0.134 e. The van der Waals surface area contributed by atoms with Gasteiger partial charge in [0.1, 0.15) is 5.78 Å². The second kappa shape index (κ2) is 5.07. The minimum Gasteiger partial charge on any atom is -0.300 e. The lowest BCUT2D eigenvalue weighted by atomic mass is 10.2. The quantitative estimate of drug-likeness (QED) is 0.589. The van der Waals surface area contributed by atoms with Gasteiger partial charge in [-0.25, -0.2) is 0 Å². The first-order valence-electron chi connectivity index (χ1n) is 2.92. The van der Waals surface area contributed by atoms with Gasteiger partial charge in [-0.2, -0.15) is 0 Å². The van der Waals surface area contributed by atoms with Crippen LogP contribution in [0.25, 0.3) is 0 Å². The van der Waals surface area contributed by atoms with Crippen LogP contribution in [0.4, 0.5) is 0 Å². The van der Waals surface area contributed by atoms with E-state index in [9.17, 15) is 4.79 Å². The van der Waals surface area contributed by atoms with E-state index in [2.05, 4.69) is 0 Å². The van der Waals surface area contributed by atoms with E-state index in [1.807, 2.05) is 6.92 Å². The molecule has 0 aromatic rings. The zero-order valence-corrected chi connectivity index (χ0v) is 6.87. The van der Waals surface area contributed by atoms with E-state index in [0.29, 0.717) is 18.7 Å². The number of hydrogen-bond donors (Lipinski definition) is 0. The van der Waals surface area contributed by atoms with Crippen LogP contribution in [0.1, 0.15) is 19.8 Å². The van der Waals surface area contributed by atoms with Gasteiger partial charge in [-0.3, -0.25) is 4.79 Å². The Balaban J connectivity index is 3.34. The number of halogens is 2. The van der Waals surface area contributed by atoms with Crippen molar-refractivity contribution in [2.45, 2.75) is 25.1 Å². The number of rotatable bonds is 4. The van der Waals surface area contributed by atoms with Crippen molar-refractivity contribution in [3.8, 4) is 0 Å². The first kappa shape index (κ1) is 9.25. The predicted octanol–water partition coefficient (Wildman–Crippen LogP) is 2.20. The third-order valence-corrected chi connectivity index (χ3v) is 1.85. The Hall–Kier alpha value is 0.250. The Bertz CT molecular complexity index is 93.1. The van der Waals surface area contributed by atoms with Crippen LogP contribution in [0.15, 0.2) is 0 Å². The molecular formula is C6H10Cl2O. The zero-order chi connectivity index (χ0) is 7.28. The minimum atomic E-state index is -0.181. The van der Waals surface area contributed by atoms with E-state index in [1.54, 1.807) is 0 Å². The fraction of sp³-hybridized carbons (Fsp3) is 0.833. The second-order valence-electron chi connectivity index (χ2n) is 1.85. The molecule has 0 aliphatic carbocycles. The molecule has 0 spiro atoms. The van der Waals surface area contributed by atoms with Crippen molar-refractivity contribution in [3.63, 3.8) is 0 Å². The molecule has 0 amide bonds. The fourth-order valence-electron chi connectivity index (χ4n) is 0.446. The van der Waals surface area contributed by atoms with Crippen molar-refractivity contribution < 1.29 is 4.79 Å². The molecule has 0 aromatic heterocycles. The van der Waals surface area contributed by atoms with Crippen molar-refractivity contribution in [1.82, 2.24) is 0 Å². The van der Waals surface area contributed by atoms with Crippen LogP contribution in [0.3, 0.4) is 0 Å². The molecule has 0 N–H and O–H groups in total. The molecule has 0 aliphatic rings. The normalized spacial score (nSPS) is 13.2. The molecule has 54 valence electrons. The summed E-state index contributed by atoms with van der Waals surface area (Å²) in [7, 11) is 0. The van der Waals surface area contributed by atoms with Crippen molar-refractivity contribution in [2.24, 2.45) is 0 Å². The second-order valence-corrected chi connectivity index (χ2v) is 2.77. The number of hydrogen-bond acceptors (Lipinski definition) is 1. The molecule has 0 aromatic carbocycles. The van der Waals surface area contributed by atoms with Crippen molar-refractivity contribution in [2.75, 3.05) is 5.88 Å². The zero-order valence-electron chi connectivity index (χ0n) is 5.36. The van der Waals surface area contributed by atoms with Gasteiger partial charge in [0.05, 0.1) is 5.38 Å². The van der Waals surface area contributed by atoms with Crippen molar-refractivity contribution >= 4 is 29.0 Å². The smallest absolute Gasteiger partial charge is 0.134 e. The summed E-state index contributed by atoms with van der Waals surface area (Å²) in [5.74, 6) is 0.531. The van der Waals surface area contributed by atoms with Gasteiger partial charge in [0.2, 0.25) is 0 Å². The van der Waals surface area contributed by atoms with Crippen LogP contribution in [-0.4, -0.2) is 17.0 Å². The van der Waals surface area contributed by atoms with Gasteiger partial charge in [-0.15, -0.1) is 23.2 Å². The van der Waals surface area contributed by atoms with Crippen molar-refractivity contribution in [1.29, 1.82) is 0 Å². The lowest BCUT2D eigenvalue weighted by molar-refractivity contribution is -0.118. The van der Waals surface area contributed by atoms with E-state index >= 15 is 0 Å². The molecule has 0 bridgehead atoms. The summed E-state index contributed by atoms with van der Waals surface area (Å²) < 4.78 is 0. The number of Topliss-reactive ketones (excluding diaryl/α,β-unsaturated/α-hetero) is 1. The summed E-state index contributed by atoms with van der Waals surface area (Å²) in [6, 6.07) is 0. The summed E-state index contributed by atoms with van der Waals surface area (Å²) in [6.45, 7) is 1.82. The SMILES string of the molecule is CCC(=O)CC(Cl)CCl. The number of carbonyl (C=O) groups is 1. The van der Waals surface area contributed by atoms with Gasteiger partial charge in [-0.1, -0.05) is 6.92 Å². The topological polar surface area (TPSA) is 17.1 Å². The summed E-state index contributed by atoms with van der Waals surface area (Å²) in [5, 5.41) is -0.181. The molecule has 0 fully saturated rings. The van der Waals surface area contributed by atoms with Gasteiger partial charge >= 0.3 is 0 Å². The van der Waals surface area contributed by atoms with Gasteiger partial charge in [0.15, 0.2) is 0 Å². The average Bonchev–Trinajstić information content (AvgIpc) is 1.87. The summed E-state index contributed by atoms with van der Waals surface area (Å²) in [4.78, 5) is 10.6. The Morgan fingerprint density at radius 2 is 2.22 bits per heavy atom. The first-order valence-corrected chi connectivity index (χ1v) is 3.89. The molecule has 0 aliphatic heterocycles. The first-order chi connectivity index (χ1) is 4.20. The molecule has 0 radical (unpaired) electrons. The molecule has 1 unspecified atom stereocenters. The predicted molar refractivity (Wildman–Crippen MR) is 40.3 cm³/mol. The summed E-state index contributed by atoms with van der Waals surface area (Å²) >= 11 is 11.0. The lowest BCUT2D eigenvalue weighted by Crippen LogP contribution is -2.07. The summed E-state index contributed by atoms with van der Waals surface area (Å²) in [6.07, 6.45) is 0.960. The highest BCUT2D eigenvalue weighted by molar-refractivity contribution is 6.28. The average molecular weight is 169 g/mol. The van der Waals surface area contributed by atoms with Crippen LogP contribution in [0, 0.1) is 0 Å². The molecule has 9 heavy (non-hydrogen) atoms. The van der Waals surface area contributed by atoms with Crippen molar-refractivity contribution in [3.05, 3.63) is 0 Å². The van der Waals surface area contributed by atoms with Gasteiger partial charge < -0.3 is 0 Å². The monoisotopic (exact) mass is 168 g/mol. The third-order valence-electron chi connectivity index (χ3n) is 1.01. The highest BCUT2D eigenvalue weighted by atomic mass is 35.5. The summed E-state index contributed by atoms with van der Waals surface area (Å²) in [5.41, 5.74) is 0. The van der Waals surface area contributed by atoms with Gasteiger partial charge in [-0.05, 0) is 0 Å². The van der Waals surface area contributed by atoms with Crippen LogP contribution in [0.5, 0.6) is 0 Å². The van der Waals surface area contributed by atoms with Crippen LogP contribution in [0.2, 0.25) is 0 Å². The van der Waals surface area contributed by atoms with E-state index < -0.39 is 0 Å². The Morgan fingerprint density at radius 1 is 1.67 bits per heavy atom. The highest BCUT2D eigenvalue weighted by Crippen LogP contribution is 2.05. The molecule has 0 heterocycles. The molecule has 3 heteroatoms. The van der Waals surface area contributed by atoms with Crippen LogP contribution in [-0.2, 0) is 4.79 Å². The third kappa shape index (κ3) is 4.73. The van der Waals surface area contributed by atoms with E-state index in [-0.39, 0.29) is 11.2 Å². The van der Waals surface area contributed by atoms with Crippen LogP contribution < -0.4 is 0 Å². The molecular weight excluding hydrogens is 159 g/mol. The van der Waals surface area contributed by atoms with Gasteiger partial charge in [0, 0.05) is 18.7 Å². The Labute approximate surface area is 65.3 Å². The van der Waals surface area contributed by atoms with E-state index in [1.165, 1.54) is 0 Å². The number of alkyl halides is 2. The maximum absolute atomic E-state index is 10.6. The largest absolute Gasteiger partial charge is 0.300 e. The maximum atomic E-state index is 10.6. The minimum absolute atomic E-state index is 0.177. The molecule has 0 saturated carbocycles. The molecule has 0 rings (SSSR count). The standard InChI is InChI=1S/C6H10Cl2O/c1-2-6(9)3-5(8)4-7/h5H,2-4H2,1H3.